The summed E-state index contributed by atoms with van der Waals surface area (Å²) in [7, 11) is 0. The monoisotopic (exact) mass is 382 g/mol. The van der Waals surface area contributed by atoms with E-state index in [0.717, 1.165) is 9.13 Å². The molecule has 1 heterocycles. The number of nitrogens with zero attached hydrogens (tertiary/aromatic N) is 2. The number of carboxylic acids is 1. The summed E-state index contributed by atoms with van der Waals surface area (Å²) >= 11 is 2.23. The zero-order valence-corrected chi connectivity index (χ0v) is 13.2. The van der Waals surface area contributed by atoms with Gasteiger partial charge in [0.05, 0.1) is 6.04 Å². The second-order valence-corrected chi connectivity index (χ2v) is 6.51. The molecule has 3 rings (SSSR count). The van der Waals surface area contributed by atoms with Gasteiger partial charge in [-0.3, -0.25) is 4.68 Å². The van der Waals surface area contributed by atoms with Crippen molar-refractivity contribution >= 4 is 28.6 Å². The lowest BCUT2D eigenvalue weighted by Gasteiger charge is -2.09. The van der Waals surface area contributed by atoms with Crippen LogP contribution in [0.2, 0.25) is 0 Å². The molecule has 1 N–H and O–H groups in total. The van der Waals surface area contributed by atoms with E-state index in [-0.39, 0.29) is 11.6 Å². The Morgan fingerprint density at radius 1 is 1.40 bits per heavy atom. The van der Waals surface area contributed by atoms with E-state index in [1.807, 2.05) is 28.9 Å². The van der Waals surface area contributed by atoms with Crippen LogP contribution in [0.4, 0.5) is 0 Å². The molecular weight excluding hydrogens is 367 g/mol. The molecule has 1 aromatic carbocycles. The highest BCUT2D eigenvalue weighted by Crippen LogP contribution is 2.39. The number of benzene rings is 1. The van der Waals surface area contributed by atoms with Gasteiger partial charge in [0.2, 0.25) is 0 Å². The molecule has 0 radical (unpaired) electrons. The van der Waals surface area contributed by atoms with Crippen molar-refractivity contribution in [3.8, 4) is 11.3 Å². The molecule has 4 nitrogen and oxygen atoms in total. The number of hydrogen-bond acceptors (Lipinski definition) is 2. The molecule has 104 valence electrons. The number of carbonyl (C=O) groups is 1. The SMILES string of the molecule is CC(C1CC1)n1cc(C(=O)O)c(-c2ccc(I)cc2)n1. The Balaban J connectivity index is 2.03. The number of aromatic carboxylic acids is 1. The predicted molar refractivity (Wildman–Crippen MR) is 84.8 cm³/mol. The van der Waals surface area contributed by atoms with Gasteiger partial charge in [0.1, 0.15) is 11.3 Å². The minimum absolute atomic E-state index is 0.269. The quantitative estimate of drug-likeness (QED) is 0.818. The van der Waals surface area contributed by atoms with Crippen LogP contribution in [0.15, 0.2) is 30.5 Å². The van der Waals surface area contributed by atoms with Crippen LogP contribution in [-0.4, -0.2) is 20.9 Å². The Morgan fingerprint density at radius 3 is 2.60 bits per heavy atom. The fourth-order valence-electron chi connectivity index (χ4n) is 2.37. The van der Waals surface area contributed by atoms with Gasteiger partial charge < -0.3 is 5.11 Å². The number of carboxylic acid groups (broad SMARTS) is 1. The molecule has 1 unspecified atom stereocenters. The number of halogens is 1. The van der Waals surface area contributed by atoms with Crippen LogP contribution in [0, 0.1) is 9.49 Å². The summed E-state index contributed by atoms with van der Waals surface area (Å²) in [6.45, 7) is 2.11. The summed E-state index contributed by atoms with van der Waals surface area (Å²) in [4.78, 5) is 11.4. The van der Waals surface area contributed by atoms with Crippen molar-refractivity contribution in [3.05, 3.63) is 39.6 Å². The lowest BCUT2D eigenvalue weighted by Crippen LogP contribution is -2.07. The Labute approximate surface area is 130 Å². The van der Waals surface area contributed by atoms with Crippen molar-refractivity contribution < 1.29 is 9.90 Å². The summed E-state index contributed by atoms with van der Waals surface area (Å²) in [5.41, 5.74) is 1.68. The maximum Gasteiger partial charge on any atom is 0.339 e. The first kappa shape index (κ1) is 13.6. The summed E-state index contributed by atoms with van der Waals surface area (Å²) in [6, 6.07) is 8.03. The van der Waals surface area contributed by atoms with Crippen molar-refractivity contribution in [3.63, 3.8) is 0 Å². The van der Waals surface area contributed by atoms with Gasteiger partial charge >= 0.3 is 5.97 Å². The first-order valence-electron chi connectivity index (χ1n) is 6.64. The highest BCUT2D eigenvalue weighted by molar-refractivity contribution is 14.1. The molecule has 0 aliphatic heterocycles. The van der Waals surface area contributed by atoms with Crippen molar-refractivity contribution in [2.24, 2.45) is 5.92 Å². The van der Waals surface area contributed by atoms with E-state index in [1.165, 1.54) is 12.8 Å². The summed E-state index contributed by atoms with van der Waals surface area (Å²) in [5, 5.41) is 13.9. The normalized spacial score (nSPS) is 16.1. The molecular formula is C15H15IN2O2. The third kappa shape index (κ3) is 2.59. The molecule has 2 aromatic rings. The fourth-order valence-corrected chi connectivity index (χ4v) is 2.73. The lowest BCUT2D eigenvalue weighted by atomic mass is 10.1. The van der Waals surface area contributed by atoms with E-state index in [4.69, 9.17) is 0 Å². The van der Waals surface area contributed by atoms with Crippen molar-refractivity contribution in [1.82, 2.24) is 9.78 Å². The van der Waals surface area contributed by atoms with Gasteiger partial charge in [0.15, 0.2) is 0 Å². The van der Waals surface area contributed by atoms with Gasteiger partial charge in [-0.05, 0) is 60.4 Å². The van der Waals surface area contributed by atoms with Crippen molar-refractivity contribution in [2.75, 3.05) is 0 Å². The molecule has 0 amide bonds. The number of rotatable bonds is 4. The minimum Gasteiger partial charge on any atom is -0.478 e. The third-order valence-corrected chi connectivity index (χ3v) is 4.52. The van der Waals surface area contributed by atoms with E-state index in [9.17, 15) is 9.90 Å². The van der Waals surface area contributed by atoms with Gasteiger partial charge in [-0.1, -0.05) is 12.1 Å². The average molecular weight is 382 g/mol. The Morgan fingerprint density at radius 2 is 2.05 bits per heavy atom. The van der Waals surface area contributed by atoms with Gasteiger partial charge in [-0.15, -0.1) is 0 Å². The molecule has 0 bridgehead atoms. The van der Waals surface area contributed by atoms with E-state index in [1.54, 1.807) is 6.20 Å². The van der Waals surface area contributed by atoms with Crippen LogP contribution < -0.4 is 0 Å². The highest BCUT2D eigenvalue weighted by atomic mass is 127. The molecule has 0 saturated heterocycles. The maximum absolute atomic E-state index is 11.4. The minimum atomic E-state index is -0.923. The third-order valence-electron chi connectivity index (χ3n) is 3.80. The zero-order valence-electron chi connectivity index (χ0n) is 11.1. The fraction of sp³-hybridized carbons (Fsp3) is 0.333. The predicted octanol–water partition coefficient (Wildman–Crippen LogP) is 3.82. The van der Waals surface area contributed by atoms with E-state index >= 15 is 0 Å². The molecule has 1 aliphatic carbocycles. The molecule has 20 heavy (non-hydrogen) atoms. The van der Waals surface area contributed by atoms with Crippen LogP contribution in [0.5, 0.6) is 0 Å². The lowest BCUT2D eigenvalue weighted by molar-refractivity contribution is 0.0697. The second kappa shape index (κ2) is 5.20. The molecule has 1 aromatic heterocycles. The van der Waals surface area contributed by atoms with Crippen LogP contribution >= 0.6 is 22.6 Å². The topological polar surface area (TPSA) is 55.1 Å². The molecule has 1 saturated carbocycles. The van der Waals surface area contributed by atoms with Gasteiger partial charge in [0.25, 0.3) is 0 Å². The van der Waals surface area contributed by atoms with Crippen LogP contribution in [0.25, 0.3) is 11.3 Å². The Bertz CT molecular complexity index is 644. The number of hydrogen-bond donors (Lipinski definition) is 1. The summed E-state index contributed by atoms with van der Waals surface area (Å²) in [6.07, 6.45) is 4.09. The maximum atomic E-state index is 11.4. The van der Waals surface area contributed by atoms with Crippen molar-refractivity contribution in [2.45, 2.75) is 25.8 Å². The molecule has 5 heteroatoms. The van der Waals surface area contributed by atoms with E-state index in [0.29, 0.717) is 11.6 Å². The zero-order chi connectivity index (χ0) is 14.3. The Kier molecular flexibility index (Phi) is 3.54. The van der Waals surface area contributed by atoms with E-state index in [2.05, 4.69) is 34.6 Å². The smallest absolute Gasteiger partial charge is 0.339 e. The largest absolute Gasteiger partial charge is 0.478 e. The van der Waals surface area contributed by atoms with Gasteiger partial charge in [-0.25, -0.2) is 4.79 Å². The van der Waals surface area contributed by atoms with E-state index < -0.39 is 5.97 Å². The van der Waals surface area contributed by atoms with Gasteiger partial charge in [0, 0.05) is 15.3 Å². The first-order valence-corrected chi connectivity index (χ1v) is 7.72. The number of aromatic nitrogens is 2. The average Bonchev–Trinajstić information content (AvgIpc) is 3.17. The van der Waals surface area contributed by atoms with Crippen LogP contribution in [-0.2, 0) is 0 Å². The van der Waals surface area contributed by atoms with Crippen molar-refractivity contribution in [1.29, 1.82) is 0 Å². The molecule has 1 atom stereocenters. The van der Waals surface area contributed by atoms with Crippen LogP contribution in [0.1, 0.15) is 36.2 Å². The molecule has 1 fully saturated rings. The standard InChI is InChI=1S/C15H15IN2O2/c1-9(10-2-3-10)18-8-13(15(19)20)14(17-18)11-4-6-12(16)7-5-11/h4-10H,2-3H2,1H3,(H,19,20). The molecule has 1 aliphatic rings. The van der Waals surface area contributed by atoms with Crippen LogP contribution in [0.3, 0.4) is 0 Å². The van der Waals surface area contributed by atoms with Gasteiger partial charge in [-0.2, -0.15) is 5.10 Å². The summed E-state index contributed by atoms with van der Waals surface area (Å²) < 4.78 is 2.93. The second-order valence-electron chi connectivity index (χ2n) is 5.26. The Hall–Kier alpha value is -1.37. The first-order chi connectivity index (χ1) is 9.56. The molecule has 0 spiro atoms. The highest BCUT2D eigenvalue weighted by Gasteiger charge is 2.31. The summed E-state index contributed by atoms with van der Waals surface area (Å²) in [5.74, 6) is -0.283.